The molecule has 1 heteroatoms. The second kappa shape index (κ2) is 6.76. The summed E-state index contributed by atoms with van der Waals surface area (Å²) in [5, 5.41) is 0. The minimum atomic E-state index is 0.505. The molecular weight excluding hydrogens is 338 g/mol. The topological polar surface area (TPSA) is 12.9 Å². The van der Waals surface area contributed by atoms with Gasteiger partial charge in [0, 0.05) is 11.8 Å². The van der Waals surface area contributed by atoms with Crippen molar-refractivity contribution in [2.45, 2.75) is 26.2 Å². The van der Waals surface area contributed by atoms with Crippen LogP contribution in [0.15, 0.2) is 85.1 Å². The zero-order valence-corrected chi connectivity index (χ0v) is 16.3. The van der Waals surface area contributed by atoms with Crippen molar-refractivity contribution < 1.29 is 0 Å². The van der Waals surface area contributed by atoms with E-state index in [2.05, 4.69) is 97.7 Å². The number of benzene rings is 3. The van der Waals surface area contributed by atoms with Crippen molar-refractivity contribution in [3.63, 3.8) is 0 Å². The molecule has 0 atom stereocenters. The number of aromatic nitrogens is 1. The Hall–Kier alpha value is -3.19. The second-order valence-corrected chi connectivity index (χ2v) is 7.92. The summed E-state index contributed by atoms with van der Waals surface area (Å²) in [7, 11) is 0. The quantitative estimate of drug-likeness (QED) is 0.334. The fraction of sp³-hybridized carbons (Fsp3) is 0.148. The maximum absolute atomic E-state index is 4.64. The van der Waals surface area contributed by atoms with Crippen LogP contribution >= 0.6 is 0 Å². The fourth-order valence-electron chi connectivity index (χ4n) is 4.10. The molecule has 0 spiro atoms. The van der Waals surface area contributed by atoms with Gasteiger partial charge in [-0.3, -0.25) is 4.98 Å². The molecule has 0 N–H and O–H groups in total. The third-order valence-electron chi connectivity index (χ3n) is 5.74. The van der Waals surface area contributed by atoms with E-state index in [0.717, 1.165) is 12.1 Å². The molecule has 3 aromatic carbocycles. The first-order chi connectivity index (χ1) is 13.7. The second-order valence-electron chi connectivity index (χ2n) is 7.92. The average molecular weight is 361 g/mol. The zero-order valence-electron chi connectivity index (χ0n) is 16.3. The van der Waals surface area contributed by atoms with E-state index in [9.17, 15) is 0 Å². The van der Waals surface area contributed by atoms with Crippen LogP contribution in [0.2, 0.25) is 0 Å². The molecular formula is C27H23N. The molecule has 0 radical (unpaired) electrons. The molecule has 1 aromatic heterocycles. The summed E-state index contributed by atoms with van der Waals surface area (Å²) in [5.74, 6) is 0.505. The molecule has 0 saturated heterocycles. The van der Waals surface area contributed by atoms with Crippen molar-refractivity contribution >= 4 is 0 Å². The van der Waals surface area contributed by atoms with E-state index in [0.29, 0.717) is 5.92 Å². The van der Waals surface area contributed by atoms with Gasteiger partial charge in [0.2, 0.25) is 0 Å². The van der Waals surface area contributed by atoms with Gasteiger partial charge >= 0.3 is 0 Å². The van der Waals surface area contributed by atoms with E-state index >= 15 is 0 Å². The van der Waals surface area contributed by atoms with Gasteiger partial charge in [-0.25, -0.2) is 0 Å². The Kier molecular flexibility index (Phi) is 4.09. The van der Waals surface area contributed by atoms with Gasteiger partial charge in [0.1, 0.15) is 0 Å². The monoisotopic (exact) mass is 361 g/mol. The molecule has 0 unspecified atom stereocenters. The van der Waals surface area contributed by atoms with E-state index in [4.69, 9.17) is 0 Å². The smallest absolute Gasteiger partial charge is 0.0705 e. The van der Waals surface area contributed by atoms with Gasteiger partial charge in [0.05, 0.1) is 5.69 Å². The molecule has 0 saturated carbocycles. The third kappa shape index (κ3) is 2.93. The lowest BCUT2D eigenvalue weighted by atomic mass is 9.96. The number of rotatable bonds is 3. The van der Waals surface area contributed by atoms with Gasteiger partial charge in [-0.2, -0.15) is 0 Å². The van der Waals surface area contributed by atoms with Crippen LogP contribution in [0.25, 0.3) is 33.5 Å². The molecule has 1 aliphatic carbocycles. The molecule has 1 heterocycles. The Bertz CT molecular complexity index is 1160. The van der Waals surface area contributed by atoms with Crippen molar-refractivity contribution in [1.82, 2.24) is 4.98 Å². The highest BCUT2D eigenvalue weighted by Gasteiger charge is 2.20. The van der Waals surface area contributed by atoms with Crippen molar-refractivity contribution in [3.05, 3.63) is 102 Å². The molecule has 0 aliphatic heterocycles. The Labute approximate surface area is 166 Å². The summed E-state index contributed by atoms with van der Waals surface area (Å²) in [6, 6.07) is 28.6. The summed E-state index contributed by atoms with van der Waals surface area (Å²) >= 11 is 0. The fourth-order valence-corrected chi connectivity index (χ4v) is 4.10. The van der Waals surface area contributed by atoms with Crippen LogP contribution < -0.4 is 0 Å². The molecule has 0 fully saturated rings. The highest BCUT2D eigenvalue weighted by atomic mass is 14.7. The highest BCUT2D eigenvalue weighted by Crippen LogP contribution is 2.40. The minimum absolute atomic E-state index is 0.505. The summed E-state index contributed by atoms with van der Waals surface area (Å²) in [6.07, 6.45) is 2.94. The summed E-state index contributed by atoms with van der Waals surface area (Å²) in [5.41, 5.74) is 11.6. The minimum Gasteiger partial charge on any atom is -0.256 e. The van der Waals surface area contributed by atoms with Gasteiger partial charge in [-0.15, -0.1) is 0 Å². The lowest BCUT2D eigenvalue weighted by Crippen LogP contribution is -1.91. The number of hydrogen-bond donors (Lipinski definition) is 0. The van der Waals surface area contributed by atoms with Gasteiger partial charge in [0.15, 0.2) is 0 Å². The van der Waals surface area contributed by atoms with E-state index in [1.54, 1.807) is 0 Å². The molecule has 136 valence electrons. The van der Waals surface area contributed by atoms with Crippen LogP contribution in [0.4, 0.5) is 0 Å². The summed E-state index contributed by atoms with van der Waals surface area (Å²) in [6.45, 7) is 4.45. The molecule has 28 heavy (non-hydrogen) atoms. The standard InChI is InChI=1S/C27H23N/c1-18(2)20-12-13-28-27(17-20)24-11-10-23-14-22-9-8-21(15-25(22)26(23)16-24)19-6-4-3-5-7-19/h3-13,15-18H,14H2,1-2H3. The van der Waals surface area contributed by atoms with Gasteiger partial charge in [-0.1, -0.05) is 68.4 Å². The number of fused-ring (bicyclic) bond motifs is 3. The zero-order chi connectivity index (χ0) is 19.1. The normalized spacial score (nSPS) is 12.1. The van der Waals surface area contributed by atoms with Crippen LogP contribution in [0, 0.1) is 0 Å². The third-order valence-corrected chi connectivity index (χ3v) is 5.74. The Morgan fingerprint density at radius 3 is 2.07 bits per heavy atom. The van der Waals surface area contributed by atoms with Gasteiger partial charge in [0.25, 0.3) is 0 Å². The van der Waals surface area contributed by atoms with Crippen LogP contribution in [0.3, 0.4) is 0 Å². The molecule has 0 bridgehead atoms. The number of hydrogen-bond acceptors (Lipinski definition) is 1. The van der Waals surface area contributed by atoms with E-state index in [1.165, 1.54) is 44.5 Å². The van der Waals surface area contributed by atoms with E-state index in [-0.39, 0.29) is 0 Å². The maximum Gasteiger partial charge on any atom is 0.0705 e. The van der Waals surface area contributed by atoms with Crippen LogP contribution in [-0.4, -0.2) is 4.98 Å². The molecule has 0 amide bonds. The summed E-state index contributed by atoms with van der Waals surface area (Å²) in [4.78, 5) is 4.64. The maximum atomic E-state index is 4.64. The largest absolute Gasteiger partial charge is 0.256 e. The predicted octanol–water partition coefficient (Wildman–Crippen LogP) is 7.11. The van der Waals surface area contributed by atoms with E-state index in [1.807, 2.05) is 6.20 Å². The lowest BCUT2D eigenvalue weighted by Gasteiger charge is -2.10. The molecule has 4 aromatic rings. The van der Waals surface area contributed by atoms with E-state index < -0.39 is 0 Å². The number of pyridine rings is 1. The SMILES string of the molecule is CC(C)c1ccnc(-c2ccc3c(c2)-c2cc(-c4ccccc4)ccc2C3)c1. The first kappa shape index (κ1) is 16.9. The van der Waals surface area contributed by atoms with Crippen LogP contribution in [0.5, 0.6) is 0 Å². The first-order valence-electron chi connectivity index (χ1n) is 9.97. The van der Waals surface area contributed by atoms with Crippen molar-refractivity contribution in [1.29, 1.82) is 0 Å². The Balaban J connectivity index is 1.59. The van der Waals surface area contributed by atoms with Crippen LogP contribution in [-0.2, 0) is 6.42 Å². The average Bonchev–Trinajstić information content (AvgIpc) is 3.11. The van der Waals surface area contributed by atoms with Crippen molar-refractivity contribution in [3.8, 4) is 33.5 Å². The van der Waals surface area contributed by atoms with Crippen molar-refractivity contribution in [2.24, 2.45) is 0 Å². The Morgan fingerprint density at radius 2 is 1.36 bits per heavy atom. The first-order valence-corrected chi connectivity index (χ1v) is 9.97. The highest BCUT2D eigenvalue weighted by molar-refractivity contribution is 5.84. The molecule has 1 aliphatic rings. The Morgan fingerprint density at radius 1 is 0.679 bits per heavy atom. The number of nitrogens with zero attached hydrogens (tertiary/aromatic N) is 1. The van der Waals surface area contributed by atoms with Gasteiger partial charge < -0.3 is 0 Å². The van der Waals surface area contributed by atoms with Crippen LogP contribution in [0.1, 0.15) is 36.5 Å². The van der Waals surface area contributed by atoms with Crippen molar-refractivity contribution in [2.75, 3.05) is 0 Å². The predicted molar refractivity (Wildman–Crippen MR) is 117 cm³/mol. The molecule has 5 rings (SSSR count). The molecule has 1 nitrogen and oxygen atoms in total. The summed E-state index contributed by atoms with van der Waals surface area (Å²) < 4.78 is 0. The van der Waals surface area contributed by atoms with Gasteiger partial charge in [-0.05, 0) is 75.5 Å². The lowest BCUT2D eigenvalue weighted by molar-refractivity contribution is 0.864.